The number of thioether (sulfide) groups is 1. The molecule has 2 aromatic rings. The lowest BCUT2D eigenvalue weighted by molar-refractivity contribution is 0.573. The zero-order valence-corrected chi connectivity index (χ0v) is 11.2. The molecule has 0 radical (unpaired) electrons. The molecule has 1 aromatic heterocycles. The lowest BCUT2D eigenvalue weighted by atomic mass is 10.2. The van der Waals surface area contributed by atoms with E-state index < -0.39 is 0 Å². The fourth-order valence-electron chi connectivity index (χ4n) is 1.67. The Morgan fingerprint density at radius 3 is 3.00 bits per heavy atom. The second-order valence-electron chi connectivity index (χ2n) is 4.28. The van der Waals surface area contributed by atoms with E-state index in [0.717, 1.165) is 35.0 Å². The first kappa shape index (κ1) is 12.5. The molecule has 2 rings (SSSR count). The fourth-order valence-corrected chi connectivity index (χ4v) is 2.57. The number of hydrogen-bond donors (Lipinski definition) is 2. The summed E-state index contributed by atoms with van der Waals surface area (Å²) < 4.78 is 0. The zero-order valence-electron chi connectivity index (χ0n) is 10.4. The van der Waals surface area contributed by atoms with Gasteiger partial charge in [0.2, 0.25) is 0 Å². The Kier molecular flexibility index (Phi) is 4.45. The molecule has 0 saturated heterocycles. The molecule has 0 aliphatic carbocycles. The van der Waals surface area contributed by atoms with Crippen LogP contribution < -0.4 is 5.32 Å². The van der Waals surface area contributed by atoms with Gasteiger partial charge in [0.25, 0.3) is 0 Å². The summed E-state index contributed by atoms with van der Waals surface area (Å²) in [6.45, 7) is 6.51. The molecule has 0 saturated carbocycles. The molecule has 1 unspecified atom stereocenters. The second-order valence-corrected chi connectivity index (χ2v) is 5.29. The molecule has 0 fully saturated rings. The Morgan fingerprint density at radius 1 is 1.41 bits per heavy atom. The van der Waals surface area contributed by atoms with Crippen molar-refractivity contribution >= 4 is 22.8 Å². The van der Waals surface area contributed by atoms with Crippen molar-refractivity contribution in [3.63, 3.8) is 0 Å². The lowest BCUT2D eigenvalue weighted by Gasteiger charge is -2.09. The van der Waals surface area contributed by atoms with Gasteiger partial charge in [-0.2, -0.15) is 0 Å². The number of fused-ring (bicyclic) bond motifs is 1. The van der Waals surface area contributed by atoms with Crippen LogP contribution in [0.3, 0.4) is 0 Å². The summed E-state index contributed by atoms with van der Waals surface area (Å²) in [5.74, 6) is 1.75. The van der Waals surface area contributed by atoms with Crippen molar-refractivity contribution < 1.29 is 0 Å². The van der Waals surface area contributed by atoms with Crippen molar-refractivity contribution in [3.8, 4) is 0 Å². The van der Waals surface area contributed by atoms with Crippen LogP contribution in [0.15, 0.2) is 29.4 Å². The molecule has 3 nitrogen and oxygen atoms in total. The Morgan fingerprint density at radius 2 is 2.24 bits per heavy atom. The standard InChI is InChI=1S/C13H19N3S/c1-3-14-8-10(2)9-17-13-15-11-6-4-5-7-12(11)16-13/h4-7,10,14H,3,8-9H2,1-2H3,(H,15,16). The minimum Gasteiger partial charge on any atom is -0.333 e. The molecule has 0 aliphatic rings. The van der Waals surface area contributed by atoms with Crippen molar-refractivity contribution in [1.29, 1.82) is 0 Å². The average molecular weight is 249 g/mol. The molecule has 92 valence electrons. The van der Waals surface area contributed by atoms with E-state index in [4.69, 9.17) is 0 Å². The molecule has 2 N–H and O–H groups in total. The van der Waals surface area contributed by atoms with E-state index in [2.05, 4.69) is 35.2 Å². The van der Waals surface area contributed by atoms with Crippen molar-refractivity contribution in [3.05, 3.63) is 24.3 Å². The third-order valence-corrected chi connectivity index (χ3v) is 3.82. The minimum atomic E-state index is 0.660. The van der Waals surface area contributed by atoms with Crippen LogP contribution in [-0.2, 0) is 0 Å². The highest BCUT2D eigenvalue weighted by Gasteiger charge is 2.06. The van der Waals surface area contributed by atoms with Crippen molar-refractivity contribution in [2.24, 2.45) is 5.92 Å². The van der Waals surface area contributed by atoms with Crippen molar-refractivity contribution in [2.45, 2.75) is 19.0 Å². The third-order valence-electron chi connectivity index (χ3n) is 2.62. The van der Waals surface area contributed by atoms with Crippen molar-refractivity contribution in [1.82, 2.24) is 15.3 Å². The van der Waals surface area contributed by atoms with E-state index in [1.807, 2.05) is 18.2 Å². The number of rotatable bonds is 6. The Hall–Kier alpha value is -1.00. The van der Waals surface area contributed by atoms with Crippen molar-refractivity contribution in [2.75, 3.05) is 18.8 Å². The van der Waals surface area contributed by atoms with Crippen LogP contribution in [0.4, 0.5) is 0 Å². The average Bonchev–Trinajstić information content (AvgIpc) is 2.76. The van der Waals surface area contributed by atoms with Gasteiger partial charge in [0.15, 0.2) is 5.16 Å². The summed E-state index contributed by atoms with van der Waals surface area (Å²) >= 11 is 1.80. The van der Waals surface area contributed by atoms with Gasteiger partial charge in [-0.05, 0) is 31.1 Å². The van der Waals surface area contributed by atoms with Crippen LogP contribution in [-0.4, -0.2) is 28.8 Å². The van der Waals surface area contributed by atoms with Gasteiger partial charge < -0.3 is 10.3 Å². The van der Waals surface area contributed by atoms with Gasteiger partial charge in [0.1, 0.15) is 0 Å². The lowest BCUT2D eigenvalue weighted by Crippen LogP contribution is -2.21. The molecule has 0 amide bonds. The normalized spacial score (nSPS) is 13.1. The van der Waals surface area contributed by atoms with E-state index in [1.165, 1.54) is 0 Å². The molecular formula is C13H19N3S. The van der Waals surface area contributed by atoms with Crippen LogP contribution in [0.5, 0.6) is 0 Å². The zero-order chi connectivity index (χ0) is 12.1. The number of nitrogens with one attached hydrogen (secondary N) is 2. The molecule has 1 heterocycles. The fraction of sp³-hybridized carbons (Fsp3) is 0.462. The molecular weight excluding hydrogens is 230 g/mol. The van der Waals surface area contributed by atoms with E-state index in [-0.39, 0.29) is 0 Å². The molecule has 0 bridgehead atoms. The summed E-state index contributed by atoms with van der Waals surface area (Å²) in [4.78, 5) is 7.89. The first-order chi connectivity index (χ1) is 8.29. The first-order valence-corrected chi connectivity index (χ1v) is 7.06. The van der Waals surface area contributed by atoms with Gasteiger partial charge in [0.05, 0.1) is 11.0 Å². The van der Waals surface area contributed by atoms with E-state index in [1.54, 1.807) is 11.8 Å². The predicted molar refractivity (Wildman–Crippen MR) is 74.5 cm³/mol. The van der Waals surface area contributed by atoms with Crippen LogP contribution in [0.25, 0.3) is 11.0 Å². The Bertz CT molecular complexity index is 433. The van der Waals surface area contributed by atoms with Crippen LogP contribution in [0.2, 0.25) is 0 Å². The predicted octanol–water partition coefficient (Wildman–Crippen LogP) is 2.90. The summed E-state index contributed by atoms with van der Waals surface area (Å²) in [5.41, 5.74) is 2.17. The topological polar surface area (TPSA) is 40.7 Å². The maximum Gasteiger partial charge on any atom is 0.166 e. The summed E-state index contributed by atoms with van der Waals surface area (Å²) in [6, 6.07) is 8.15. The summed E-state index contributed by atoms with van der Waals surface area (Å²) in [6.07, 6.45) is 0. The quantitative estimate of drug-likeness (QED) is 0.773. The number of hydrogen-bond acceptors (Lipinski definition) is 3. The number of H-pyrrole nitrogens is 1. The van der Waals surface area contributed by atoms with E-state index >= 15 is 0 Å². The number of para-hydroxylation sites is 2. The third kappa shape index (κ3) is 3.48. The monoisotopic (exact) mass is 249 g/mol. The SMILES string of the molecule is CCNCC(C)CSc1nc2ccccc2[nH]1. The highest BCUT2D eigenvalue weighted by molar-refractivity contribution is 7.99. The molecule has 17 heavy (non-hydrogen) atoms. The highest BCUT2D eigenvalue weighted by Crippen LogP contribution is 2.20. The number of imidazole rings is 1. The minimum absolute atomic E-state index is 0.660. The maximum atomic E-state index is 4.55. The van der Waals surface area contributed by atoms with Gasteiger partial charge in [-0.15, -0.1) is 0 Å². The van der Waals surface area contributed by atoms with E-state index in [0.29, 0.717) is 5.92 Å². The number of aromatic amines is 1. The van der Waals surface area contributed by atoms with Gasteiger partial charge in [-0.3, -0.25) is 0 Å². The van der Waals surface area contributed by atoms with E-state index in [9.17, 15) is 0 Å². The molecule has 0 spiro atoms. The molecule has 4 heteroatoms. The maximum absolute atomic E-state index is 4.55. The molecule has 1 aromatic carbocycles. The number of aromatic nitrogens is 2. The van der Waals surface area contributed by atoms with Crippen LogP contribution in [0, 0.1) is 5.92 Å². The summed E-state index contributed by atoms with van der Waals surface area (Å²) in [5, 5.41) is 4.39. The van der Waals surface area contributed by atoms with Crippen LogP contribution in [0.1, 0.15) is 13.8 Å². The Labute approximate surface area is 106 Å². The molecule has 1 atom stereocenters. The Balaban J connectivity index is 1.90. The number of nitrogens with zero attached hydrogens (tertiary/aromatic N) is 1. The smallest absolute Gasteiger partial charge is 0.166 e. The number of benzene rings is 1. The van der Waals surface area contributed by atoms with Crippen LogP contribution >= 0.6 is 11.8 Å². The van der Waals surface area contributed by atoms with Gasteiger partial charge in [-0.1, -0.05) is 37.7 Å². The van der Waals surface area contributed by atoms with Gasteiger partial charge in [-0.25, -0.2) is 4.98 Å². The second kappa shape index (κ2) is 6.07. The highest BCUT2D eigenvalue weighted by atomic mass is 32.2. The molecule has 0 aliphatic heterocycles. The van der Waals surface area contributed by atoms with Gasteiger partial charge >= 0.3 is 0 Å². The largest absolute Gasteiger partial charge is 0.333 e. The first-order valence-electron chi connectivity index (χ1n) is 6.08. The summed E-state index contributed by atoms with van der Waals surface area (Å²) in [7, 11) is 0. The van der Waals surface area contributed by atoms with Gasteiger partial charge in [0, 0.05) is 5.75 Å².